The zero-order chi connectivity index (χ0) is 14.8. The van der Waals surface area contributed by atoms with Crippen LogP contribution in [-0.2, 0) is 13.1 Å². The second kappa shape index (κ2) is 6.08. The summed E-state index contributed by atoms with van der Waals surface area (Å²) in [5, 5.41) is 8.24. The normalized spacial score (nSPS) is 14.2. The van der Waals surface area contributed by atoms with Crippen molar-refractivity contribution in [3.05, 3.63) is 56.4 Å². The van der Waals surface area contributed by atoms with Gasteiger partial charge in [-0.2, -0.15) is 5.10 Å². The van der Waals surface area contributed by atoms with E-state index >= 15 is 0 Å². The van der Waals surface area contributed by atoms with E-state index in [0.29, 0.717) is 34.7 Å². The van der Waals surface area contributed by atoms with Gasteiger partial charge in [0.05, 0.1) is 11.2 Å². The minimum Gasteiger partial charge on any atom is -0.375 e. The highest BCUT2D eigenvalue weighted by molar-refractivity contribution is 6.33. The van der Waals surface area contributed by atoms with Crippen molar-refractivity contribution in [3.8, 4) is 0 Å². The van der Waals surface area contributed by atoms with E-state index in [9.17, 15) is 4.79 Å². The van der Waals surface area contributed by atoms with Crippen LogP contribution in [-0.4, -0.2) is 9.78 Å². The number of nitrogens with one attached hydrogen (secondary N) is 1. The van der Waals surface area contributed by atoms with E-state index in [2.05, 4.69) is 10.4 Å². The maximum Gasteiger partial charge on any atom is 0.291 e. The second-order valence-electron chi connectivity index (χ2n) is 5.28. The Morgan fingerprint density at radius 2 is 1.95 bits per heavy atom. The Balaban J connectivity index is 1.77. The number of hydrogen-bond donors (Lipinski definition) is 1. The summed E-state index contributed by atoms with van der Waals surface area (Å²) < 4.78 is 1.49. The van der Waals surface area contributed by atoms with E-state index in [0.717, 1.165) is 5.56 Å². The first-order chi connectivity index (χ1) is 10.1. The number of benzene rings is 1. The molecule has 1 fully saturated rings. The Labute approximate surface area is 132 Å². The van der Waals surface area contributed by atoms with Crippen LogP contribution in [0, 0.1) is 5.92 Å². The summed E-state index contributed by atoms with van der Waals surface area (Å²) in [5.74, 6) is 0.584. The first-order valence-electron chi connectivity index (χ1n) is 6.87. The Morgan fingerprint density at radius 1 is 1.24 bits per heavy atom. The molecule has 110 valence electrons. The van der Waals surface area contributed by atoms with E-state index in [1.165, 1.54) is 23.7 Å². The third-order valence-electron chi connectivity index (χ3n) is 3.51. The lowest BCUT2D eigenvalue weighted by atomic mass is 10.2. The van der Waals surface area contributed by atoms with Crippen molar-refractivity contribution >= 4 is 28.9 Å². The number of nitrogens with zero attached hydrogens (tertiary/aromatic N) is 2. The highest BCUT2D eigenvalue weighted by Gasteiger charge is 2.23. The molecule has 0 radical (unpaired) electrons. The Kier molecular flexibility index (Phi) is 4.17. The highest BCUT2D eigenvalue weighted by atomic mass is 35.5. The molecule has 0 bridgehead atoms. The molecule has 0 atom stereocenters. The summed E-state index contributed by atoms with van der Waals surface area (Å²) in [6.45, 7) is 1.19. The minimum atomic E-state index is -0.164. The van der Waals surface area contributed by atoms with Crippen LogP contribution in [0.4, 0.5) is 5.69 Å². The lowest BCUT2D eigenvalue weighted by Crippen LogP contribution is -2.26. The van der Waals surface area contributed by atoms with Crippen molar-refractivity contribution in [2.45, 2.75) is 25.9 Å². The Hall–Kier alpha value is -1.52. The molecule has 0 spiro atoms. The van der Waals surface area contributed by atoms with Crippen molar-refractivity contribution in [2.75, 3.05) is 5.32 Å². The number of aromatic nitrogens is 2. The molecule has 1 heterocycles. The summed E-state index contributed by atoms with van der Waals surface area (Å²) in [5.41, 5.74) is 1.27. The largest absolute Gasteiger partial charge is 0.375 e. The molecule has 0 saturated heterocycles. The summed E-state index contributed by atoms with van der Waals surface area (Å²) in [4.78, 5) is 12.4. The van der Waals surface area contributed by atoms with Gasteiger partial charge in [-0.1, -0.05) is 35.3 Å². The van der Waals surface area contributed by atoms with Crippen LogP contribution >= 0.6 is 23.2 Å². The molecule has 1 aromatic carbocycles. The fourth-order valence-corrected chi connectivity index (χ4v) is 2.41. The zero-order valence-corrected chi connectivity index (χ0v) is 12.9. The van der Waals surface area contributed by atoms with Crippen molar-refractivity contribution < 1.29 is 0 Å². The predicted octanol–water partition coefficient (Wildman–Crippen LogP) is 3.57. The average Bonchev–Trinajstić information content (AvgIpc) is 3.28. The van der Waals surface area contributed by atoms with Crippen LogP contribution < -0.4 is 10.9 Å². The van der Waals surface area contributed by atoms with Crippen molar-refractivity contribution in [1.82, 2.24) is 9.78 Å². The molecular formula is C15H15Cl2N3O. The molecule has 1 saturated carbocycles. The van der Waals surface area contributed by atoms with Gasteiger partial charge in [-0.3, -0.25) is 4.79 Å². The summed E-state index contributed by atoms with van der Waals surface area (Å²) in [6.07, 6.45) is 3.87. The average molecular weight is 324 g/mol. The topological polar surface area (TPSA) is 46.9 Å². The smallest absolute Gasteiger partial charge is 0.291 e. The maximum atomic E-state index is 12.4. The van der Waals surface area contributed by atoms with E-state index in [1.807, 2.05) is 24.3 Å². The number of anilines is 1. The summed E-state index contributed by atoms with van der Waals surface area (Å²) in [6, 6.07) is 7.45. The monoisotopic (exact) mass is 323 g/mol. The van der Waals surface area contributed by atoms with Gasteiger partial charge in [-0.15, -0.1) is 0 Å². The fourth-order valence-electron chi connectivity index (χ4n) is 2.10. The van der Waals surface area contributed by atoms with Gasteiger partial charge in [0.15, 0.2) is 0 Å². The summed E-state index contributed by atoms with van der Waals surface area (Å²) in [7, 11) is 0. The minimum absolute atomic E-state index is 0.164. The molecular weight excluding hydrogens is 309 g/mol. The molecule has 2 aromatic rings. The van der Waals surface area contributed by atoms with Crippen LogP contribution in [0.5, 0.6) is 0 Å². The molecule has 0 aliphatic heterocycles. The second-order valence-corrected chi connectivity index (χ2v) is 6.12. The third-order valence-corrected chi connectivity index (χ3v) is 4.05. The summed E-state index contributed by atoms with van der Waals surface area (Å²) >= 11 is 11.9. The fraction of sp³-hybridized carbons (Fsp3) is 0.333. The number of halogens is 2. The molecule has 1 aliphatic carbocycles. The van der Waals surface area contributed by atoms with Crippen LogP contribution in [0.15, 0.2) is 35.3 Å². The van der Waals surface area contributed by atoms with Gasteiger partial charge in [-0.05, 0) is 36.5 Å². The molecule has 21 heavy (non-hydrogen) atoms. The van der Waals surface area contributed by atoms with E-state index in [4.69, 9.17) is 23.2 Å². The van der Waals surface area contributed by atoms with E-state index in [-0.39, 0.29) is 5.56 Å². The van der Waals surface area contributed by atoms with Gasteiger partial charge < -0.3 is 5.32 Å². The molecule has 1 aliphatic rings. The standard InChI is InChI=1S/C15H15Cl2N3O/c16-12-5-3-10(4-6-12)7-18-14-13(17)8-19-20(15(14)21)9-11-1-2-11/h3-6,8,11,18H,1-2,7,9H2. The van der Waals surface area contributed by atoms with Crippen molar-refractivity contribution in [1.29, 1.82) is 0 Å². The van der Waals surface area contributed by atoms with Crippen LogP contribution in [0.3, 0.4) is 0 Å². The molecule has 1 N–H and O–H groups in total. The van der Waals surface area contributed by atoms with Crippen molar-refractivity contribution in [2.24, 2.45) is 5.92 Å². The first-order valence-corrected chi connectivity index (χ1v) is 7.63. The van der Waals surface area contributed by atoms with Crippen LogP contribution in [0.25, 0.3) is 0 Å². The van der Waals surface area contributed by atoms with Crippen molar-refractivity contribution in [3.63, 3.8) is 0 Å². The molecule has 0 amide bonds. The molecule has 6 heteroatoms. The lowest BCUT2D eigenvalue weighted by Gasteiger charge is -2.10. The molecule has 3 rings (SSSR count). The van der Waals surface area contributed by atoms with E-state index in [1.54, 1.807) is 0 Å². The number of hydrogen-bond acceptors (Lipinski definition) is 3. The molecule has 4 nitrogen and oxygen atoms in total. The van der Waals surface area contributed by atoms with Gasteiger partial charge in [-0.25, -0.2) is 4.68 Å². The first kappa shape index (κ1) is 14.4. The quantitative estimate of drug-likeness (QED) is 0.914. The molecule has 1 aromatic heterocycles. The van der Waals surface area contributed by atoms with Crippen LogP contribution in [0.1, 0.15) is 18.4 Å². The van der Waals surface area contributed by atoms with Gasteiger partial charge in [0.2, 0.25) is 0 Å². The number of rotatable bonds is 5. The van der Waals surface area contributed by atoms with Gasteiger partial charge in [0, 0.05) is 18.1 Å². The zero-order valence-electron chi connectivity index (χ0n) is 11.4. The van der Waals surface area contributed by atoms with E-state index < -0.39 is 0 Å². The Morgan fingerprint density at radius 3 is 2.62 bits per heavy atom. The van der Waals surface area contributed by atoms with Crippen LogP contribution in [0.2, 0.25) is 10.0 Å². The SMILES string of the molecule is O=c1c(NCc2ccc(Cl)cc2)c(Cl)cnn1CC1CC1. The van der Waals surface area contributed by atoms with Gasteiger partial charge in [0.1, 0.15) is 5.69 Å². The third kappa shape index (κ3) is 3.57. The predicted molar refractivity (Wildman–Crippen MR) is 85.0 cm³/mol. The Bertz CT molecular complexity index is 693. The van der Waals surface area contributed by atoms with Gasteiger partial charge >= 0.3 is 0 Å². The maximum absolute atomic E-state index is 12.4. The van der Waals surface area contributed by atoms with Gasteiger partial charge in [0.25, 0.3) is 5.56 Å². The lowest BCUT2D eigenvalue weighted by molar-refractivity contribution is 0.534. The highest BCUT2D eigenvalue weighted by Crippen LogP contribution is 2.30. The molecule has 0 unspecified atom stereocenters.